The lowest BCUT2D eigenvalue weighted by Gasteiger charge is -2.17. The molecule has 1 atom stereocenters. The summed E-state index contributed by atoms with van der Waals surface area (Å²) in [4.78, 5) is 11.9. The van der Waals surface area contributed by atoms with Gasteiger partial charge in [-0.2, -0.15) is 0 Å². The molecule has 0 radical (unpaired) electrons. The van der Waals surface area contributed by atoms with Gasteiger partial charge in [0.05, 0.1) is 16.8 Å². The monoisotopic (exact) mass is 253 g/mol. The fourth-order valence-corrected chi connectivity index (χ4v) is 2.77. The van der Waals surface area contributed by atoms with Crippen molar-refractivity contribution in [3.05, 3.63) is 41.5 Å². The molecule has 4 nitrogen and oxygen atoms in total. The van der Waals surface area contributed by atoms with E-state index < -0.39 is 5.41 Å². The van der Waals surface area contributed by atoms with Gasteiger partial charge in [-0.3, -0.25) is 4.79 Å². The first-order valence-corrected chi connectivity index (χ1v) is 6.47. The van der Waals surface area contributed by atoms with Crippen LogP contribution in [0.3, 0.4) is 0 Å². The Labute approximate surface area is 111 Å². The van der Waals surface area contributed by atoms with Gasteiger partial charge in [-0.25, -0.2) is 0 Å². The summed E-state index contributed by atoms with van der Waals surface area (Å²) in [6.45, 7) is 3.91. The number of rotatable bonds is 1. The molecule has 0 aromatic heterocycles. The first-order valence-electron chi connectivity index (χ1n) is 6.47. The molecule has 1 aromatic carbocycles. The molecule has 1 amide bonds. The molecule has 0 fully saturated rings. The molecule has 19 heavy (non-hydrogen) atoms. The highest BCUT2D eigenvalue weighted by molar-refractivity contribution is 6.07. The van der Waals surface area contributed by atoms with E-state index in [4.69, 9.17) is 0 Å². The quantitative estimate of drug-likeness (QED) is 0.721. The van der Waals surface area contributed by atoms with Crippen LogP contribution in [0, 0.1) is 0 Å². The van der Waals surface area contributed by atoms with E-state index in [2.05, 4.69) is 34.2 Å². The topological polar surface area (TPSA) is 53.2 Å². The summed E-state index contributed by atoms with van der Waals surface area (Å²) in [5, 5.41) is 9.83. The van der Waals surface area contributed by atoms with Gasteiger partial charge in [0.1, 0.15) is 6.17 Å². The van der Waals surface area contributed by atoms with E-state index in [0.29, 0.717) is 0 Å². The van der Waals surface area contributed by atoms with Crippen LogP contribution in [0.25, 0.3) is 0 Å². The summed E-state index contributed by atoms with van der Waals surface area (Å²) < 4.78 is 0. The van der Waals surface area contributed by atoms with Crippen molar-refractivity contribution in [2.75, 3.05) is 16.0 Å². The van der Waals surface area contributed by atoms with Crippen molar-refractivity contribution in [3.8, 4) is 0 Å². The molecular formula is C15H15N3O. The summed E-state index contributed by atoms with van der Waals surface area (Å²) in [5.74, 6) is 0.0624. The van der Waals surface area contributed by atoms with Gasteiger partial charge in [0, 0.05) is 5.69 Å². The third kappa shape index (κ3) is 1.31. The Bertz CT molecular complexity index is 670. The van der Waals surface area contributed by atoms with E-state index in [1.54, 1.807) is 0 Å². The molecule has 3 aliphatic rings. The van der Waals surface area contributed by atoms with Crippen molar-refractivity contribution in [3.63, 3.8) is 0 Å². The lowest BCUT2D eigenvalue weighted by atomic mass is 9.86. The number of anilines is 3. The average molecular weight is 253 g/mol. The van der Waals surface area contributed by atoms with E-state index in [0.717, 1.165) is 22.6 Å². The second kappa shape index (κ2) is 3.20. The minimum absolute atomic E-state index is 0.0624. The summed E-state index contributed by atoms with van der Waals surface area (Å²) >= 11 is 0. The zero-order chi connectivity index (χ0) is 13.2. The maximum atomic E-state index is 11.9. The normalized spacial score (nSPS) is 24.6. The molecule has 2 heterocycles. The van der Waals surface area contributed by atoms with Crippen LogP contribution in [0.5, 0.6) is 0 Å². The molecule has 1 aliphatic carbocycles. The van der Waals surface area contributed by atoms with Crippen molar-refractivity contribution in [1.29, 1.82) is 0 Å². The second-order valence-corrected chi connectivity index (χ2v) is 5.77. The molecule has 2 aliphatic heterocycles. The lowest BCUT2D eigenvalue weighted by Crippen LogP contribution is -2.27. The third-order valence-corrected chi connectivity index (χ3v) is 4.16. The van der Waals surface area contributed by atoms with E-state index in [1.165, 1.54) is 5.57 Å². The van der Waals surface area contributed by atoms with Crippen molar-refractivity contribution < 1.29 is 4.79 Å². The van der Waals surface area contributed by atoms with Crippen molar-refractivity contribution >= 4 is 23.0 Å². The molecule has 1 aromatic rings. The minimum atomic E-state index is -0.459. The number of benzene rings is 1. The van der Waals surface area contributed by atoms with Gasteiger partial charge in [-0.15, -0.1) is 0 Å². The van der Waals surface area contributed by atoms with Crippen molar-refractivity contribution in [2.24, 2.45) is 0 Å². The number of fused-ring (bicyclic) bond motifs is 2. The number of allylic oxidation sites excluding steroid dienone is 2. The van der Waals surface area contributed by atoms with Gasteiger partial charge in [-0.1, -0.05) is 18.2 Å². The number of amides is 1. The van der Waals surface area contributed by atoms with Gasteiger partial charge >= 0.3 is 0 Å². The zero-order valence-electron chi connectivity index (χ0n) is 10.9. The first-order chi connectivity index (χ1) is 9.05. The number of hydrogen-bond donors (Lipinski definition) is 3. The summed E-state index contributed by atoms with van der Waals surface area (Å²) in [7, 11) is 0. The van der Waals surface area contributed by atoms with Crippen LogP contribution in [0.1, 0.15) is 19.4 Å². The van der Waals surface area contributed by atoms with E-state index >= 15 is 0 Å². The van der Waals surface area contributed by atoms with Crippen LogP contribution < -0.4 is 16.0 Å². The number of hydrogen-bond acceptors (Lipinski definition) is 3. The average Bonchev–Trinajstić information content (AvgIpc) is 2.75. The van der Waals surface area contributed by atoms with Crippen LogP contribution in [-0.2, 0) is 10.2 Å². The van der Waals surface area contributed by atoms with Crippen LogP contribution in [0.4, 0.5) is 17.1 Å². The molecule has 1 unspecified atom stereocenters. The van der Waals surface area contributed by atoms with Gasteiger partial charge in [0.2, 0.25) is 5.91 Å². The molecule has 0 saturated carbocycles. The molecule has 0 saturated heterocycles. The Morgan fingerprint density at radius 3 is 2.42 bits per heavy atom. The number of nitrogens with one attached hydrogen (secondary N) is 3. The van der Waals surface area contributed by atoms with E-state index in [-0.39, 0.29) is 12.1 Å². The Kier molecular flexibility index (Phi) is 1.80. The highest BCUT2D eigenvalue weighted by Crippen LogP contribution is 2.44. The van der Waals surface area contributed by atoms with E-state index in [1.807, 2.05) is 26.0 Å². The molecule has 0 bridgehead atoms. The molecule has 4 heteroatoms. The highest BCUT2D eigenvalue weighted by Gasteiger charge is 2.40. The van der Waals surface area contributed by atoms with Gasteiger partial charge in [-0.05, 0) is 37.1 Å². The molecule has 0 spiro atoms. The Morgan fingerprint density at radius 1 is 1.11 bits per heavy atom. The smallest absolute Gasteiger partial charge is 0.234 e. The fourth-order valence-electron chi connectivity index (χ4n) is 2.77. The van der Waals surface area contributed by atoms with Crippen molar-refractivity contribution in [2.45, 2.75) is 25.4 Å². The number of carbonyl (C=O) groups is 1. The number of carbonyl (C=O) groups excluding carboxylic acids is 1. The second-order valence-electron chi connectivity index (χ2n) is 5.77. The molecule has 4 rings (SSSR count). The SMILES string of the molecule is CC1(C)C(=O)Nc2cc3c(cc21)NC(C1=CC=C1)N3. The van der Waals surface area contributed by atoms with Crippen molar-refractivity contribution in [1.82, 2.24) is 0 Å². The largest absolute Gasteiger partial charge is 0.360 e. The predicted octanol–water partition coefficient (Wildman–Crippen LogP) is 2.58. The van der Waals surface area contributed by atoms with Gasteiger partial charge < -0.3 is 16.0 Å². The maximum absolute atomic E-state index is 11.9. The van der Waals surface area contributed by atoms with Crippen LogP contribution in [-0.4, -0.2) is 12.1 Å². The first kappa shape index (κ1) is 10.7. The molecule has 3 N–H and O–H groups in total. The summed E-state index contributed by atoms with van der Waals surface area (Å²) in [6, 6.07) is 4.10. The zero-order valence-corrected chi connectivity index (χ0v) is 10.9. The minimum Gasteiger partial charge on any atom is -0.360 e. The fraction of sp³-hybridized carbons (Fsp3) is 0.267. The van der Waals surface area contributed by atoms with E-state index in [9.17, 15) is 4.79 Å². The summed E-state index contributed by atoms with van der Waals surface area (Å²) in [5.41, 5.74) is 4.88. The Hall–Kier alpha value is -2.23. The third-order valence-electron chi connectivity index (χ3n) is 4.16. The van der Waals surface area contributed by atoms with Crippen LogP contribution in [0.15, 0.2) is 35.9 Å². The lowest BCUT2D eigenvalue weighted by molar-refractivity contribution is -0.119. The summed E-state index contributed by atoms with van der Waals surface area (Å²) in [6.07, 6.45) is 6.36. The van der Waals surface area contributed by atoms with Crippen LogP contribution >= 0.6 is 0 Å². The van der Waals surface area contributed by atoms with Gasteiger partial charge in [0.25, 0.3) is 0 Å². The van der Waals surface area contributed by atoms with Crippen LogP contribution in [0.2, 0.25) is 0 Å². The molecular weight excluding hydrogens is 238 g/mol. The predicted molar refractivity (Wildman–Crippen MR) is 76.4 cm³/mol. The van der Waals surface area contributed by atoms with Gasteiger partial charge in [0.15, 0.2) is 0 Å². The highest BCUT2D eigenvalue weighted by atomic mass is 16.2. The Balaban J connectivity index is 1.74. The maximum Gasteiger partial charge on any atom is 0.234 e. The Morgan fingerprint density at radius 2 is 1.79 bits per heavy atom. The molecule has 96 valence electrons. The standard InChI is InChI=1S/C15H15N3O/c1-15(2)9-6-11-12(7-10(9)18-14(15)19)17-13(16-11)8-4-3-5-8/h3-7,13,16-17H,1-2H3,(H,18,19).